The van der Waals surface area contributed by atoms with E-state index in [1.165, 1.54) is 0 Å². The lowest BCUT2D eigenvalue weighted by molar-refractivity contribution is 0.204. The smallest absolute Gasteiger partial charge is 0.170 e. The van der Waals surface area contributed by atoms with Crippen molar-refractivity contribution in [3.8, 4) is 5.75 Å². The highest BCUT2D eigenvalue weighted by molar-refractivity contribution is 7.80. The fraction of sp³-hybridized carbons (Fsp3) is 0.364. The molecule has 0 spiro atoms. The van der Waals surface area contributed by atoms with Crippen LogP contribution in [0.4, 0.5) is 5.69 Å². The molecule has 0 aliphatic rings. The molecule has 0 fully saturated rings. The van der Waals surface area contributed by atoms with Gasteiger partial charge in [0.25, 0.3) is 0 Å². The largest absolute Gasteiger partial charge is 0.497 e. The van der Waals surface area contributed by atoms with Crippen LogP contribution >= 0.6 is 23.8 Å². The minimum absolute atomic E-state index is 0.497. The van der Waals surface area contributed by atoms with E-state index < -0.39 is 0 Å². The Balaban J connectivity index is 2.57. The summed E-state index contributed by atoms with van der Waals surface area (Å²) in [6.07, 6.45) is 0. The van der Waals surface area contributed by atoms with Crippen molar-refractivity contribution in [2.45, 2.75) is 0 Å². The average molecular weight is 275 g/mol. The first kappa shape index (κ1) is 14.0. The zero-order chi connectivity index (χ0) is 12.7. The molecule has 17 heavy (non-hydrogen) atoms. The molecule has 1 aromatic rings. The Hall–Kier alpha value is -1.04. The molecule has 2 N–H and O–H groups in total. The van der Waals surface area contributed by atoms with Crippen LogP contribution in [0.3, 0.4) is 0 Å². The quantitative estimate of drug-likeness (QED) is 0.637. The fourth-order valence-electron chi connectivity index (χ4n) is 1.16. The number of thiocarbonyl (C=S) groups is 1. The number of anilines is 1. The third-order valence-corrected chi connectivity index (χ3v) is 2.59. The molecule has 0 bridgehead atoms. The summed E-state index contributed by atoms with van der Waals surface area (Å²) < 4.78 is 10.0. The van der Waals surface area contributed by atoms with Crippen molar-refractivity contribution in [3.63, 3.8) is 0 Å². The Labute approximate surface area is 111 Å². The van der Waals surface area contributed by atoms with Gasteiger partial charge in [-0.05, 0) is 24.4 Å². The van der Waals surface area contributed by atoms with Crippen molar-refractivity contribution in [1.29, 1.82) is 0 Å². The first-order valence-corrected chi connectivity index (χ1v) is 5.83. The van der Waals surface area contributed by atoms with E-state index in [2.05, 4.69) is 10.6 Å². The lowest BCUT2D eigenvalue weighted by Gasteiger charge is -2.12. The number of rotatable bonds is 5. The number of benzene rings is 1. The minimum Gasteiger partial charge on any atom is -0.497 e. The van der Waals surface area contributed by atoms with Crippen LogP contribution in [0.1, 0.15) is 0 Å². The third kappa shape index (κ3) is 4.77. The van der Waals surface area contributed by atoms with Gasteiger partial charge in [-0.3, -0.25) is 0 Å². The molecule has 0 amide bonds. The van der Waals surface area contributed by atoms with Crippen molar-refractivity contribution < 1.29 is 9.47 Å². The van der Waals surface area contributed by atoms with Crippen LogP contribution < -0.4 is 15.4 Å². The van der Waals surface area contributed by atoms with Gasteiger partial charge in [-0.25, -0.2) is 0 Å². The van der Waals surface area contributed by atoms with E-state index in [-0.39, 0.29) is 0 Å². The van der Waals surface area contributed by atoms with Crippen molar-refractivity contribution in [2.24, 2.45) is 0 Å². The number of methoxy groups -OCH3 is 2. The Kier molecular flexibility index (Phi) is 6.04. The Morgan fingerprint density at radius 1 is 1.41 bits per heavy atom. The van der Waals surface area contributed by atoms with Crippen LogP contribution in [0.5, 0.6) is 5.75 Å². The SMILES string of the molecule is COCCNC(=S)Nc1cc(OC)ccc1Cl. The van der Waals surface area contributed by atoms with Gasteiger partial charge in [0.1, 0.15) is 5.75 Å². The van der Waals surface area contributed by atoms with Crippen molar-refractivity contribution in [2.75, 3.05) is 32.7 Å². The van der Waals surface area contributed by atoms with E-state index in [9.17, 15) is 0 Å². The number of nitrogens with one attached hydrogen (secondary N) is 2. The molecule has 0 aliphatic carbocycles. The minimum atomic E-state index is 0.497. The van der Waals surface area contributed by atoms with Crippen LogP contribution in [0.2, 0.25) is 5.02 Å². The van der Waals surface area contributed by atoms with Crippen molar-refractivity contribution in [3.05, 3.63) is 23.2 Å². The Morgan fingerprint density at radius 3 is 2.82 bits per heavy atom. The molecule has 0 saturated carbocycles. The van der Waals surface area contributed by atoms with E-state index >= 15 is 0 Å². The summed E-state index contributed by atoms with van der Waals surface area (Å²) in [5.41, 5.74) is 0.709. The van der Waals surface area contributed by atoms with E-state index in [4.69, 9.17) is 33.3 Å². The zero-order valence-electron chi connectivity index (χ0n) is 9.75. The fourth-order valence-corrected chi connectivity index (χ4v) is 1.54. The lowest BCUT2D eigenvalue weighted by Crippen LogP contribution is -2.31. The van der Waals surface area contributed by atoms with E-state index in [1.807, 2.05) is 0 Å². The third-order valence-electron chi connectivity index (χ3n) is 2.01. The number of hydrogen-bond donors (Lipinski definition) is 2. The van der Waals surface area contributed by atoms with E-state index in [1.54, 1.807) is 32.4 Å². The highest BCUT2D eigenvalue weighted by Gasteiger charge is 2.04. The molecule has 0 aliphatic heterocycles. The molecule has 94 valence electrons. The second-order valence-corrected chi connectivity index (χ2v) is 4.03. The lowest BCUT2D eigenvalue weighted by atomic mass is 10.3. The van der Waals surface area contributed by atoms with Crippen LogP contribution in [0.25, 0.3) is 0 Å². The van der Waals surface area contributed by atoms with Crippen molar-refractivity contribution in [1.82, 2.24) is 5.32 Å². The van der Waals surface area contributed by atoms with Gasteiger partial charge in [-0.1, -0.05) is 11.6 Å². The molecule has 1 aromatic carbocycles. The molecule has 1 rings (SSSR count). The predicted octanol–water partition coefficient (Wildman–Crippen LogP) is 2.28. The van der Waals surface area contributed by atoms with Gasteiger partial charge in [0.2, 0.25) is 0 Å². The second kappa shape index (κ2) is 7.32. The van der Waals surface area contributed by atoms with Crippen LogP contribution in [-0.4, -0.2) is 32.5 Å². The summed E-state index contributed by atoms with van der Waals surface area (Å²) in [4.78, 5) is 0. The maximum absolute atomic E-state index is 6.03. The number of hydrogen-bond acceptors (Lipinski definition) is 3. The van der Waals surface area contributed by atoms with E-state index in [0.29, 0.717) is 29.0 Å². The maximum Gasteiger partial charge on any atom is 0.170 e. The highest BCUT2D eigenvalue weighted by atomic mass is 35.5. The van der Waals surface area contributed by atoms with Gasteiger partial charge in [0, 0.05) is 19.7 Å². The second-order valence-electron chi connectivity index (χ2n) is 3.22. The molecule has 0 heterocycles. The molecule has 0 unspecified atom stereocenters. The zero-order valence-corrected chi connectivity index (χ0v) is 11.3. The summed E-state index contributed by atoms with van der Waals surface area (Å²) in [6.45, 7) is 1.23. The molecule has 0 aromatic heterocycles. The molecular weight excluding hydrogens is 260 g/mol. The highest BCUT2D eigenvalue weighted by Crippen LogP contribution is 2.26. The van der Waals surface area contributed by atoms with Gasteiger partial charge in [-0.15, -0.1) is 0 Å². The van der Waals surface area contributed by atoms with Gasteiger partial charge in [-0.2, -0.15) is 0 Å². The maximum atomic E-state index is 6.03. The van der Waals surface area contributed by atoms with Crippen LogP contribution in [0.15, 0.2) is 18.2 Å². The standard InChI is InChI=1S/C11H15ClN2O2S/c1-15-6-5-13-11(17)14-10-7-8(16-2)3-4-9(10)12/h3-4,7H,5-6H2,1-2H3,(H2,13,14,17). The molecule has 0 radical (unpaired) electrons. The predicted molar refractivity (Wildman–Crippen MR) is 74.1 cm³/mol. The molecule has 0 atom stereocenters. The van der Waals surface area contributed by atoms with Gasteiger partial charge < -0.3 is 20.1 Å². The number of halogens is 1. The normalized spacial score (nSPS) is 9.82. The van der Waals surface area contributed by atoms with Crippen LogP contribution in [-0.2, 0) is 4.74 Å². The van der Waals surface area contributed by atoms with Gasteiger partial charge in [0.15, 0.2) is 5.11 Å². The topological polar surface area (TPSA) is 42.5 Å². The Bertz CT molecular complexity index is 388. The van der Waals surface area contributed by atoms with E-state index in [0.717, 1.165) is 5.75 Å². The molecular formula is C11H15ClN2O2S. The summed E-state index contributed by atoms with van der Waals surface area (Å²) in [7, 11) is 3.24. The first-order valence-electron chi connectivity index (χ1n) is 5.04. The molecule has 4 nitrogen and oxygen atoms in total. The summed E-state index contributed by atoms with van der Waals surface area (Å²) in [5, 5.41) is 7.07. The van der Waals surface area contributed by atoms with Crippen molar-refractivity contribution >= 4 is 34.6 Å². The van der Waals surface area contributed by atoms with Gasteiger partial charge in [0.05, 0.1) is 24.4 Å². The summed E-state index contributed by atoms with van der Waals surface area (Å²) >= 11 is 11.1. The monoisotopic (exact) mass is 274 g/mol. The molecule has 6 heteroatoms. The molecule has 0 saturated heterocycles. The Morgan fingerprint density at radius 2 is 2.18 bits per heavy atom. The first-order chi connectivity index (χ1) is 8.17. The average Bonchev–Trinajstić information content (AvgIpc) is 2.32. The summed E-state index contributed by atoms with van der Waals surface area (Å²) in [6, 6.07) is 5.32. The summed E-state index contributed by atoms with van der Waals surface area (Å²) in [5.74, 6) is 0.719. The van der Waals surface area contributed by atoms with Crippen LogP contribution in [0, 0.1) is 0 Å². The number of ether oxygens (including phenoxy) is 2. The van der Waals surface area contributed by atoms with Gasteiger partial charge >= 0.3 is 0 Å².